The molecule has 0 aromatic rings. The molecule has 2 rings (SSSR count). The fourth-order valence-electron chi connectivity index (χ4n) is 3.13. The molecule has 0 N–H and O–H groups in total. The number of hydrogen-bond donors (Lipinski definition) is 0. The van der Waals surface area contributed by atoms with E-state index in [-0.39, 0.29) is 18.2 Å². The summed E-state index contributed by atoms with van der Waals surface area (Å²) in [5.74, 6) is -0.953. The van der Waals surface area contributed by atoms with Crippen molar-refractivity contribution >= 4 is 16.1 Å². The highest BCUT2D eigenvalue weighted by Crippen LogP contribution is 2.20. The molecular weight excluding hydrogens is 283 g/mol. The van der Waals surface area contributed by atoms with Crippen molar-refractivity contribution in [1.82, 2.24) is 9.80 Å². The highest BCUT2D eigenvalue weighted by molar-refractivity contribution is 7.86. The van der Waals surface area contributed by atoms with E-state index in [0.29, 0.717) is 13.1 Å². The van der Waals surface area contributed by atoms with Crippen LogP contribution in [0.5, 0.6) is 0 Å². The number of carbonyl (C=O) groups excluding carboxylic acids is 1. The van der Waals surface area contributed by atoms with Crippen molar-refractivity contribution in [2.45, 2.75) is 32.1 Å². The molecule has 20 heavy (non-hydrogen) atoms. The number of amides is 1. The minimum atomic E-state index is -4.48. The summed E-state index contributed by atoms with van der Waals surface area (Å²) in [5, 5.41) is 0. The molecule has 1 atom stereocenters. The third-order valence-electron chi connectivity index (χ3n) is 4.08. The zero-order chi connectivity index (χ0) is 14.6. The molecule has 2 fully saturated rings. The number of hydrogen-bond acceptors (Lipinski definition) is 4. The average molecular weight is 306 g/mol. The fraction of sp³-hybridized carbons (Fsp3) is 0.923. The Labute approximate surface area is 120 Å². The number of carbonyl (C=O) groups is 1. The first-order chi connectivity index (χ1) is 9.44. The van der Waals surface area contributed by atoms with E-state index in [1.165, 1.54) is 19.3 Å². The molecule has 7 heteroatoms. The summed E-state index contributed by atoms with van der Waals surface area (Å²) in [4.78, 5) is 15.8. The van der Waals surface area contributed by atoms with E-state index < -0.39 is 16.0 Å². The number of likely N-dealkylation sites (tertiary alicyclic amines) is 2. The maximum Gasteiger partial charge on any atom is 0.302 e. The fourth-order valence-corrected chi connectivity index (χ4v) is 3.92. The second kappa shape index (κ2) is 6.85. The smallest absolute Gasteiger partial charge is 0.302 e. The third-order valence-corrected chi connectivity index (χ3v) is 4.95. The standard InChI is InChI=1S/C13H23FN2O3S/c14-20(18,19)11-12-9-13(17)16(10-12)8-4-7-15-5-2-1-3-6-15/h12H,1-11H2. The van der Waals surface area contributed by atoms with Gasteiger partial charge < -0.3 is 9.80 Å². The summed E-state index contributed by atoms with van der Waals surface area (Å²) >= 11 is 0. The van der Waals surface area contributed by atoms with Gasteiger partial charge >= 0.3 is 10.2 Å². The molecule has 0 bridgehead atoms. The lowest BCUT2D eigenvalue weighted by Crippen LogP contribution is -2.34. The summed E-state index contributed by atoms with van der Waals surface area (Å²) in [7, 11) is -4.48. The van der Waals surface area contributed by atoms with Crippen LogP contribution in [0.3, 0.4) is 0 Å². The van der Waals surface area contributed by atoms with E-state index in [1.807, 2.05) is 0 Å². The molecule has 0 aliphatic carbocycles. The Balaban J connectivity index is 1.69. The van der Waals surface area contributed by atoms with Crippen molar-refractivity contribution in [2.24, 2.45) is 5.92 Å². The Morgan fingerprint density at radius 3 is 2.50 bits per heavy atom. The summed E-state index contributed by atoms with van der Waals surface area (Å²) in [6.45, 7) is 4.28. The monoisotopic (exact) mass is 306 g/mol. The lowest BCUT2D eigenvalue weighted by Gasteiger charge is -2.27. The molecule has 2 heterocycles. The largest absolute Gasteiger partial charge is 0.342 e. The Morgan fingerprint density at radius 2 is 1.85 bits per heavy atom. The van der Waals surface area contributed by atoms with Crippen LogP contribution in [0.15, 0.2) is 0 Å². The Morgan fingerprint density at radius 1 is 1.15 bits per heavy atom. The lowest BCUT2D eigenvalue weighted by atomic mass is 10.1. The third kappa shape index (κ3) is 5.01. The van der Waals surface area contributed by atoms with E-state index in [0.717, 1.165) is 26.1 Å². The Bertz CT molecular complexity index is 435. The van der Waals surface area contributed by atoms with Crippen LogP contribution in [0.1, 0.15) is 32.1 Å². The normalized spacial score (nSPS) is 25.4. The molecule has 1 unspecified atom stereocenters. The van der Waals surface area contributed by atoms with Gasteiger partial charge in [0.05, 0.1) is 5.75 Å². The second-order valence-electron chi connectivity index (χ2n) is 5.87. The molecule has 2 saturated heterocycles. The first-order valence-corrected chi connectivity index (χ1v) is 8.92. The quantitative estimate of drug-likeness (QED) is 0.687. The highest BCUT2D eigenvalue weighted by atomic mass is 32.3. The average Bonchev–Trinajstić information content (AvgIpc) is 2.68. The van der Waals surface area contributed by atoms with Crippen LogP contribution in [0.25, 0.3) is 0 Å². The van der Waals surface area contributed by atoms with Crippen LogP contribution in [0.4, 0.5) is 3.89 Å². The van der Waals surface area contributed by atoms with E-state index in [2.05, 4.69) is 4.90 Å². The van der Waals surface area contributed by atoms with Crippen LogP contribution in [0, 0.1) is 5.92 Å². The minimum absolute atomic E-state index is 0.0442. The van der Waals surface area contributed by atoms with Crippen molar-refractivity contribution in [3.05, 3.63) is 0 Å². The molecule has 2 aliphatic heterocycles. The van der Waals surface area contributed by atoms with E-state index in [9.17, 15) is 17.1 Å². The number of halogens is 1. The highest BCUT2D eigenvalue weighted by Gasteiger charge is 2.32. The first-order valence-electron chi connectivity index (χ1n) is 7.36. The first kappa shape index (κ1) is 15.7. The van der Waals surface area contributed by atoms with Gasteiger partial charge in [-0.05, 0) is 38.9 Å². The van der Waals surface area contributed by atoms with Gasteiger partial charge in [-0.1, -0.05) is 6.42 Å². The molecule has 5 nitrogen and oxygen atoms in total. The van der Waals surface area contributed by atoms with Crippen LogP contribution >= 0.6 is 0 Å². The van der Waals surface area contributed by atoms with E-state index in [1.54, 1.807) is 4.90 Å². The van der Waals surface area contributed by atoms with Crippen LogP contribution in [0.2, 0.25) is 0 Å². The van der Waals surface area contributed by atoms with Crippen LogP contribution < -0.4 is 0 Å². The van der Waals surface area contributed by atoms with E-state index >= 15 is 0 Å². The maximum absolute atomic E-state index is 12.6. The predicted molar refractivity (Wildman–Crippen MR) is 74.5 cm³/mol. The molecule has 0 aromatic carbocycles. The lowest BCUT2D eigenvalue weighted by molar-refractivity contribution is -0.127. The van der Waals surface area contributed by atoms with Crippen molar-refractivity contribution in [2.75, 3.05) is 38.5 Å². The Hall–Kier alpha value is -0.690. The molecule has 0 aromatic heterocycles. The topological polar surface area (TPSA) is 57.7 Å². The molecule has 0 saturated carbocycles. The van der Waals surface area contributed by atoms with Gasteiger partial charge in [0, 0.05) is 25.4 Å². The van der Waals surface area contributed by atoms with Crippen molar-refractivity contribution in [1.29, 1.82) is 0 Å². The minimum Gasteiger partial charge on any atom is -0.342 e. The number of nitrogens with zero attached hydrogens (tertiary/aromatic N) is 2. The van der Waals surface area contributed by atoms with Crippen LogP contribution in [-0.2, 0) is 15.0 Å². The Kier molecular flexibility index (Phi) is 5.37. The summed E-state index contributed by atoms with van der Waals surface area (Å²) in [6.07, 6.45) is 4.87. The van der Waals surface area contributed by atoms with Gasteiger partial charge in [0.2, 0.25) is 5.91 Å². The number of rotatable bonds is 6. The maximum atomic E-state index is 12.6. The SMILES string of the molecule is O=C1CC(CS(=O)(=O)F)CN1CCCN1CCCCC1. The van der Waals surface area contributed by atoms with Gasteiger partial charge in [-0.3, -0.25) is 4.79 Å². The van der Waals surface area contributed by atoms with Gasteiger partial charge in [-0.15, -0.1) is 3.89 Å². The second-order valence-corrected chi connectivity index (χ2v) is 7.28. The predicted octanol–water partition coefficient (Wildman–Crippen LogP) is 1.01. The van der Waals surface area contributed by atoms with Gasteiger partial charge in [0.15, 0.2) is 0 Å². The molecular formula is C13H23FN2O3S. The zero-order valence-electron chi connectivity index (χ0n) is 11.8. The summed E-state index contributed by atoms with van der Waals surface area (Å²) < 4.78 is 33.9. The summed E-state index contributed by atoms with van der Waals surface area (Å²) in [5.41, 5.74) is 0. The molecule has 2 aliphatic rings. The van der Waals surface area contributed by atoms with E-state index in [4.69, 9.17) is 0 Å². The molecule has 1 amide bonds. The van der Waals surface area contributed by atoms with Gasteiger partial charge in [-0.25, -0.2) is 0 Å². The summed E-state index contributed by atoms with van der Waals surface area (Å²) in [6, 6.07) is 0. The van der Waals surface area contributed by atoms with Crippen molar-refractivity contribution in [3.8, 4) is 0 Å². The number of piperidine rings is 1. The molecule has 0 spiro atoms. The van der Waals surface area contributed by atoms with Crippen LogP contribution in [-0.4, -0.2) is 62.6 Å². The van der Waals surface area contributed by atoms with Crippen molar-refractivity contribution in [3.63, 3.8) is 0 Å². The van der Waals surface area contributed by atoms with Crippen molar-refractivity contribution < 1.29 is 17.1 Å². The molecule has 116 valence electrons. The van der Waals surface area contributed by atoms with Gasteiger partial charge in [0.25, 0.3) is 0 Å². The van der Waals surface area contributed by atoms with Gasteiger partial charge in [-0.2, -0.15) is 8.42 Å². The van der Waals surface area contributed by atoms with Gasteiger partial charge in [0.1, 0.15) is 0 Å². The molecule has 0 radical (unpaired) electrons. The zero-order valence-corrected chi connectivity index (χ0v) is 12.6.